The molecule has 1 aliphatic heterocycles. The van der Waals surface area contributed by atoms with Crippen molar-refractivity contribution in [2.24, 2.45) is 5.92 Å². The van der Waals surface area contributed by atoms with Crippen LogP contribution < -0.4 is 0 Å². The first-order valence-electron chi connectivity index (χ1n) is 5.86. The minimum absolute atomic E-state index is 0.569. The number of aromatic nitrogens is 2. The third-order valence-corrected chi connectivity index (χ3v) is 3.21. The molecule has 0 spiro atoms. The van der Waals surface area contributed by atoms with Crippen molar-refractivity contribution in [1.29, 1.82) is 0 Å². The van der Waals surface area contributed by atoms with Gasteiger partial charge in [0.1, 0.15) is 5.65 Å². The van der Waals surface area contributed by atoms with Crippen LogP contribution in [0.3, 0.4) is 0 Å². The van der Waals surface area contributed by atoms with E-state index in [0.29, 0.717) is 11.5 Å². The number of carbonyl (C=O) groups excluding carboxylic acids is 1. The van der Waals surface area contributed by atoms with Crippen molar-refractivity contribution in [3.05, 3.63) is 35.8 Å². The maximum atomic E-state index is 10.9. The van der Waals surface area contributed by atoms with Gasteiger partial charge < -0.3 is 9.14 Å². The highest BCUT2D eigenvalue weighted by atomic mass is 16.5. The molecule has 2 aromatic heterocycles. The summed E-state index contributed by atoms with van der Waals surface area (Å²) in [5.74, 6) is 0.569. The van der Waals surface area contributed by atoms with E-state index in [4.69, 9.17) is 4.74 Å². The van der Waals surface area contributed by atoms with Crippen LogP contribution in [-0.2, 0) is 11.2 Å². The summed E-state index contributed by atoms with van der Waals surface area (Å²) in [5.41, 5.74) is 2.42. The van der Waals surface area contributed by atoms with Crippen molar-refractivity contribution in [1.82, 2.24) is 9.38 Å². The van der Waals surface area contributed by atoms with E-state index < -0.39 is 0 Å². The Balaban J connectivity index is 1.92. The van der Waals surface area contributed by atoms with Crippen molar-refractivity contribution in [3.63, 3.8) is 0 Å². The average Bonchev–Trinajstić information content (AvgIpc) is 2.97. The molecule has 2 aromatic rings. The van der Waals surface area contributed by atoms with Crippen LogP contribution in [0, 0.1) is 5.92 Å². The van der Waals surface area contributed by atoms with E-state index in [1.54, 1.807) is 6.07 Å². The first-order valence-corrected chi connectivity index (χ1v) is 5.86. The molecule has 88 valence electrons. The summed E-state index contributed by atoms with van der Waals surface area (Å²) in [5, 5.41) is 0. The maximum Gasteiger partial charge on any atom is 0.153 e. The van der Waals surface area contributed by atoms with Crippen LogP contribution in [0.4, 0.5) is 0 Å². The van der Waals surface area contributed by atoms with Gasteiger partial charge >= 0.3 is 0 Å². The molecule has 3 rings (SSSR count). The van der Waals surface area contributed by atoms with Crippen LogP contribution in [-0.4, -0.2) is 28.9 Å². The Morgan fingerprint density at radius 3 is 3.29 bits per heavy atom. The number of fused-ring (bicyclic) bond motifs is 1. The molecule has 0 N–H and O–H groups in total. The van der Waals surface area contributed by atoms with Crippen molar-refractivity contribution in [3.8, 4) is 0 Å². The van der Waals surface area contributed by atoms with Crippen LogP contribution in [0.2, 0.25) is 0 Å². The molecule has 0 saturated carbocycles. The second-order valence-electron chi connectivity index (χ2n) is 4.48. The number of aldehydes is 1. The van der Waals surface area contributed by atoms with E-state index in [0.717, 1.165) is 43.7 Å². The summed E-state index contributed by atoms with van der Waals surface area (Å²) in [7, 11) is 0. The Morgan fingerprint density at radius 1 is 1.59 bits per heavy atom. The predicted molar refractivity (Wildman–Crippen MR) is 63.2 cm³/mol. The SMILES string of the molecule is O=Cc1cccn2cc(CC3CCOC3)nc12. The Morgan fingerprint density at radius 2 is 2.53 bits per heavy atom. The lowest BCUT2D eigenvalue weighted by Crippen LogP contribution is -2.03. The first kappa shape index (κ1) is 10.5. The second kappa shape index (κ2) is 4.30. The smallest absolute Gasteiger partial charge is 0.153 e. The molecule has 4 nitrogen and oxygen atoms in total. The number of rotatable bonds is 3. The van der Waals surface area contributed by atoms with Crippen LogP contribution >= 0.6 is 0 Å². The summed E-state index contributed by atoms with van der Waals surface area (Å²) in [6, 6.07) is 3.65. The lowest BCUT2D eigenvalue weighted by Gasteiger charge is -2.02. The van der Waals surface area contributed by atoms with Gasteiger partial charge in [0.05, 0.1) is 11.3 Å². The fourth-order valence-electron chi connectivity index (χ4n) is 2.32. The normalized spacial score (nSPS) is 19.9. The summed E-state index contributed by atoms with van der Waals surface area (Å²) in [6.45, 7) is 1.69. The molecule has 1 aliphatic rings. The number of imidazole rings is 1. The zero-order chi connectivity index (χ0) is 11.7. The fourth-order valence-corrected chi connectivity index (χ4v) is 2.32. The first-order chi connectivity index (χ1) is 8.36. The quantitative estimate of drug-likeness (QED) is 0.754. The summed E-state index contributed by atoms with van der Waals surface area (Å²) in [4.78, 5) is 15.4. The molecule has 0 aromatic carbocycles. The molecular weight excluding hydrogens is 216 g/mol. The topological polar surface area (TPSA) is 43.6 Å². The zero-order valence-electron chi connectivity index (χ0n) is 9.50. The van der Waals surface area contributed by atoms with E-state index in [9.17, 15) is 4.79 Å². The number of ether oxygens (including phenoxy) is 1. The largest absolute Gasteiger partial charge is 0.381 e. The standard InChI is InChI=1S/C13H14N2O2/c16-8-11-2-1-4-15-7-12(14-13(11)15)6-10-3-5-17-9-10/h1-2,4,7-8,10H,3,5-6,9H2. The van der Waals surface area contributed by atoms with Crippen LogP contribution in [0.25, 0.3) is 5.65 Å². The molecule has 0 aliphatic carbocycles. The van der Waals surface area contributed by atoms with Gasteiger partial charge in [-0.3, -0.25) is 4.79 Å². The molecule has 17 heavy (non-hydrogen) atoms. The van der Waals surface area contributed by atoms with Crippen LogP contribution in [0.1, 0.15) is 22.5 Å². The van der Waals surface area contributed by atoms with Crippen molar-refractivity contribution in [2.45, 2.75) is 12.8 Å². The van der Waals surface area contributed by atoms with E-state index in [1.807, 2.05) is 22.9 Å². The van der Waals surface area contributed by atoms with Gasteiger partial charge in [0.25, 0.3) is 0 Å². The molecule has 0 radical (unpaired) electrons. The van der Waals surface area contributed by atoms with Crippen molar-refractivity contribution < 1.29 is 9.53 Å². The third kappa shape index (κ3) is 1.96. The summed E-state index contributed by atoms with van der Waals surface area (Å²) >= 11 is 0. The van der Waals surface area contributed by atoms with E-state index in [-0.39, 0.29) is 0 Å². The highest BCUT2D eigenvalue weighted by molar-refractivity contribution is 5.84. The second-order valence-corrected chi connectivity index (χ2v) is 4.48. The number of carbonyl (C=O) groups is 1. The third-order valence-electron chi connectivity index (χ3n) is 3.21. The maximum absolute atomic E-state index is 10.9. The highest BCUT2D eigenvalue weighted by Gasteiger charge is 2.17. The zero-order valence-corrected chi connectivity index (χ0v) is 9.50. The van der Waals surface area contributed by atoms with Gasteiger partial charge in [-0.05, 0) is 30.9 Å². The van der Waals surface area contributed by atoms with Gasteiger partial charge in [0.15, 0.2) is 6.29 Å². The molecule has 4 heteroatoms. The Hall–Kier alpha value is -1.68. The van der Waals surface area contributed by atoms with Crippen molar-refractivity contribution in [2.75, 3.05) is 13.2 Å². The van der Waals surface area contributed by atoms with Gasteiger partial charge in [0, 0.05) is 25.6 Å². The molecule has 1 saturated heterocycles. The number of hydrogen-bond donors (Lipinski definition) is 0. The minimum atomic E-state index is 0.569. The monoisotopic (exact) mass is 230 g/mol. The number of hydrogen-bond acceptors (Lipinski definition) is 3. The molecule has 0 bridgehead atoms. The summed E-state index contributed by atoms with van der Waals surface area (Å²) < 4.78 is 7.27. The predicted octanol–water partition coefficient (Wildman–Crippen LogP) is 1.73. The highest BCUT2D eigenvalue weighted by Crippen LogP contribution is 2.18. The van der Waals surface area contributed by atoms with E-state index in [2.05, 4.69) is 4.98 Å². The Labute approximate surface area is 99.2 Å². The van der Waals surface area contributed by atoms with Gasteiger partial charge in [-0.2, -0.15) is 0 Å². The van der Waals surface area contributed by atoms with Gasteiger partial charge in [-0.15, -0.1) is 0 Å². The Bertz CT molecular complexity index is 541. The lowest BCUT2D eigenvalue weighted by molar-refractivity contribution is 0.112. The van der Waals surface area contributed by atoms with Gasteiger partial charge in [-0.25, -0.2) is 4.98 Å². The fraction of sp³-hybridized carbons (Fsp3) is 0.385. The molecule has 1 fully saturated rings. The minimum Gasteiger partial charge on any atom is -0.381 e. The lowest BCUT2D eigenvalue weighted by atomic mass is 10.0. The van der Waals surface area contributed by atoms with Crippen molar-refractivity contribution >= 4 is 11.9 Å². The molecule has 0 amide bonds. The average molecular weight is 230 g/mol. The van der Waals surface area contributed by atoms with Crippen LogP contribution in [0.15, 0.2) is 24.5 Å². The Kier molecular flexibility index (Phi) is 2.65. The van der Waals surface area contributed by atoms with Crippen LogP contribution in [0.5, 0.6) is 0 Å². The molecule has 1 unspecified atom stereocenters. The van der Waals surface area contributed by atoms with E-state index in [1.165, 1.54) is 0 Å². The van der Waals surface area contributed by atoms with E-state index >= 15 is 0 Å². The molecular formula is C13H14N2O2. The molecule has 3 heterocycles. The molecule has 1 atom stereocenters. The van der Waals surface area contributed by atoms with Gasteiger partial charge in [0.2, 0.25) is 0 Å². The number of pyridine rings is 1. The van der Waals surface area contributed by atoms with Gasteiger partial charge in [-0.1, -0.05) is 0 Å². The summed E-state index contributed by atoms with van der Waals surface area (Å²) in [6.07, 6.45) is 6.81. The number of nitrogens with zero attached hydrogens (tertiary/aromatic N) is 2.